The average molecular weight is 317 g/mol. The molecular weight excluding hydrogens is 302 g/mol. The number of rotatable bonds is 3. The van der Waals surface area contributed by atoms with Crippen LogP contribution in [0, 0.1) is 17.6 Å². The topological polar surface area (TPSA) is 17.8 Å². The molecule has 3 rings (SSSR count). The van der Waals surface area contributed by atoms with Gasteiger partial charge in [0.2, 0.25) is 0 Å². The molecule has 1 aromatic carbocycles. The normalized spacial score (nSPS) is 16.9. The zero-order chi connectivity index (χ0) is 14.1. The molecule has 0 atom stereocenters. The lowest BCUT2D eigenvalue weighted by atomic mass is 10.0. The van der Waals surface area contributed by atoms with Gasteiger partial charge >= 0.3 is 0 Å². The molecule has 108 valence electrons. The standard InChI is InChI=1S/C14H15ClF2N2S/c15-7-13-18-14-11(17)5-10(16)6-12(14)19(13)8-9-1-3-20-4-2-9/h5-6,9H,1-4,7-8H2. The molecule has 0 radical (unpaired) electrons. The zero-order valence-corrected chi connectivity index (χ0v) is 12.5. The van der Waals surface area contributed by atoms with Crippen LogP contribution in [0.1, 0.15) is 18.7 Å². The van der Waals surface area contributed by atoms with Crippen molar-refractivity contribution in [1.82, 2.24) is 9.55 Å². The van der Waals surface area contributed by atoms with E-state index in [4.69, 9.17) is 11.6 Å². The summed E-state index contributed by atoms with van der Waals surface area (Å²) in [5.74, 6) is 2.45. The number of nitrogens with zero attached hydrogens (tertiary/aromatic N) is 2. The van der Waals surface area contributed by atoms with Gasteiger partial charge in [-0.05, 0) is 36.3 Å². The molecule has 1 aromatic heterocycles. The predicted octanol–water partition coefficient (Wildman–Crippen LogP) is 4.20. The van der Waals surface area contributed by atoms with E-state index >= 15 is 0 Å². The highest BCUT2D eigenvalue weighted by Gasteiger charge is 2.20. The Morgan fingerprint density at radius 3 is 2.75 bits per heavy atom. The van der Waals surface area contributed by atoms with Crippen molar-refractivity contribution in [3.8, 4) is 0 Å². The number of benzene rings is 1. The lowest BCUT2D eigenvalue weighted by Crippen LogP contribution is -2.17. The third-order valence-corrected chi connectivity index (χ3v) is 5.04. The summed E-state index contributed by atoms with van der Waals surface area (Å²) in [4.78, 5) is 4.22. The van der Waals surface area contributed by atoms with Crippen LogP contribution in [0.5, 0.6) is 0 Å². The van der Waals surface area contributed by atoms with Gasteiger partial charge in [0.25, 0.3) is 0 Å². The van der Waals surface area contributed by atoms with Gasteiger partial charge in [-0.2, -0.15) is 11.8 Å². The number of thioether (sulfide) groups is 1. The molecule has 6 heteroatoms. The van der Waals surface area contributed by atoms with Crippen molar-refractivity contribution < 1.29 is 8.78 Å². The van der Waals surface area contributed by atoms with Crippen LogP contribution in [0.25, 0.3) is 11.0 Å². The number of hydrogen-bond acceptors (Lipinski definition) is 2. The lowest BCUT2D eigenvalue weighted by Gasteiger charge is -2.22. The fourth-order valence-corrected chi connectivity index (χ4v) is 4.10. The van der Waals surface area contributed by atoms with E-state index in [1.807, 2.05) is 16.3 Å². The van der Waals surface area contributed by atoms with Crippen LogP contribution in [0.4, 0.5) is 8.78 Å². The molecule has 1 fully saturated rings. The van der Waals surface area contributed by atoms with E-state index in [1.165, 1.54) is 6.07 Å². The van der Waals surface area contributed by atoms with Crippen molar-refractivity contribution in [2.75, 3.05) is 11.5 Å². The van der Waals surface area contributed by atoms with Gasteiger partial charge in [-0.1, -0.05) is 0 Å². The van der Waals surface area contributed by atoms with E-state index in [-0.39, 0.29) is 11.4 Å². The Labute approximate surface area is 125 Å². The summed E-state index contributed by atoms with van der Waals surface area (Å²) >= 11 is 7.87. The first-order valence-electron chi connectivity index (χ1n) is 6.67. The van der Waals surface area contributed by atoms with Crippen LogP contribution in [-0.2, 0) is 12.4 Å². The molecule has 0 saturated carbocycles. The van der Waals surface area contributed by atoms with E-state index in [0.29, 0.717) is 17.3 Å². The minimum atomic E-state index is -0.621. The van der Waals surface area contributed by atoms with Gasteiger partial charge in [-0.15, -0.1) is 11.6 Å². The summed E-state index contributed by atoms with van der Waals surface area (Å²) in [5, 5.41) is 0. The average Bonchev–Trinajstić information content (AvgIpc) is 2.78. The molecule has 0 N–H and O–H groups in total. The Morgan fingerprint density at radius 1 is 1.30 bits per heavy atom. The van der Waals surface area contributed by atoms with Crippen molar-refractivity contribution >= 4 is 34.4 Å². The zero-order valence-electron chi connectivity index (χ0n) is 10.9. The Hall–Kier alpha value is -0.810. The SMILES string of the molecule is Fc1cc(F)c2nc(CCl)n(CC3CCSCC3)c2c1. The highest BCUT2D eigenvalue weighted by Crippen LogP contribution is 2.28. The van der Waals surface area contributed by atoms with Gasteiger partial charge in [0.15, 0.2) is 5.82 Å². The van der Waals surface area contributed by atoms with Crippen LogP contribution in [0.2, 0.25) is 0 Å². The predicted molar refractivity (Wildman–Crippen MR) is 79.3 cm³/mol. The van der Waals surface area contributed by atoms with Crippen molar-refractivity contribution in [2.45, 2.75) is 25.3 Å². The number of imidazole rings is 1. The highest BCUT2D eigenvalue weighted by molar-refractivity contribution is 7.99. The number of hydrogen-bond donors (Lipinski definition) is 0. The third kappa shape index (κ3) is 2.66. The van der Waals surface area contributed by atoms with Gasteiger partial charge in [-0.25, -0.2) is 13.8 Å². The third-order valence-electron chi connectivity index (χ3n) is 3.75. The Kier molecular flexibility index (Phi) is 4.17. The first-order valence-corrected chi connectivity index (χ1v) is 8.36. The molecule has 2 heterocycles. The molecule has 20 heavy (non-hydrogen) atoms. The monoisotopic (exact) mass is 316 g/mol. The van der Waals surface area contributed by atoms with Crippen molar-refractivity contribution in [1.29, 1.82) is 0 Å². The van der Waals surface area contributed by atoms with Crippen LogP contribution < -0.4 is 0 Å². The summed E-state index contributed by atoms with van der Waals surface area (Å²) in [7, 11) is 0. The maximum Gasteiger partial charge on any atom is 0.153 e. The van der Waals surface area contributed by atoms with Gasteiger partial charge < -0.3 is 4.57 Å². The van der Waals surface area contributed by atoms with Gasteiger partial charge in [-0.3, -0.25) is 0 Å². The molecule has 1 saturated heterocycles. The van der Waals surface area contributed by atoms with Crippen LogP contribution >= 0.6 is 23.4 Å². The summed E-state index contributed by atoms with van der Waals surface area (Å²) < 4.78 is 29.1. The Morgan fingerprint density at radius 2 is 2.05 bits per heavy atom. The Bertz CT molecular complexity index is 623. The fraction of sp³-hybridized carbons (Fsp3) is 0.500. The van der Waals surface area contributed by atoms with Crippen molar-refractivity contribution in [2.24, 2.45) is 5.92 Å². The van der Waals surface area contributed by atoms with Crippen molar-refractivity contribution in [3.63, 3.8) is 0 Å². The van der Waals surface area contributed by atoms with E-state index in [9.17, 15) is 8.78 Å². The molecule has 2 nitrogen and oxygen atoms in total. The maximum atomic E-state index is 13.8. The fourth-order valence-electron chi connectivity index (χ4n) is 2.69. The summed E-state index contributed by atoms with van der Waals surface area (Å²) in [6.07, 6.45) is 2.26. The Balaban J connectivity index is 2.02. The van der Waals surface area contributed by atoms with E-state index < -0.39 is 11.6 Å². The van der Waals surface area contributed by atoms with Gasteiger partial charge in [0, 0.05) is 12.6 Å². The van der Waals surface area contributed by atoms with E-state index in [1.54, 1.807) is 0 Å². The van der Waals surface area contributed by atoms with Gasteiger partial charge in [0.05, 0.1) is 11.4 Å². The summed E-state index contributed by atoms with van der Waals surface area (Å²) in [6, 6.07) is 2.22. The molecule has 0 unspecified atom stereocenters. The number of aromatic nitrogens is 2. The molecular formula is C14H15ClF2N2S. The summed E-state index contributed by atoms with van der Waals surface area (Å²) in [5.41, 5.74) is 0.726. The number of alkyl halides is 1. The van der Waals surface area contributed by atoms with Crippen LogP contribution in [0.3, 0.4) is 0 Å². The first-order chi connectivity index (χ1) is 9.69. The highest BCUT2D eigenvalue weighted by atomic mass is 35.5. The van der Waals surface area contributed by atoms with Crippen molar-refractivity contribution in [3.05, 3.63) is 29.6 Å². The molecule has 0 spiro atoms. The second-order valence-electron chi connectivity index (χ2n) is 5.08. The molecule has 0 aliphatic carbocycles. The molecule has 1 aliphatic rings. The lowest BCUT2D eigenvalue weighted by molar-refractivity contribution is 0.417. The van der Waals surface area contributed by atoms with Gasteiger partial charge in [0.1, 0.15) is 17.2 Å². The second kappa shape index (κ2) is 5.90. The first kappa shape index (κ1) is 14.1. The molecule has 2 aromatic rings. The number of fused-ring (bicyclic) bond motifs is 1. The largest absolute Gasteiger partial charge is 0.327 e. The maximum absolute atomic E-state index is 13.8. The minimum Gasteiger partial charge on any atom is -0.327 e. The molecule has 0 bridgehead atoms. The summed E-state index contributed by atoms with van der Waals surface area (Å²) in [6.45, 7) is 0.738. The van der Waals surface area contributed by atoms with Crippen LogP contribution in [0.15, 0.2) is 12.1 Å². The number of halogens is 3. The minimum absolute atomic E-state index is 0.206. The van der Waals surface area contributed by atoms with Crippen LogP contribution in [-0.4, -0.2) is 21.1 Å². The molecule has 0 amide bonds. The second-order valence-corrected chi connectivity index (χ2v) is 6.58. The smallest absolute Gasteiger partial charge is 0.153 e. The molecule has 1 aliphatic heterocycles. The van der Waals surface area contributed by atoms with E-state index in [2.05, 4.69) is 4.98 Å². The van der Waals surface area contributed by atoms with E-state index in [0.717, 1.165) is 37.0 Å². The quantitative estimate of drug-likeness (QED) is 0.790.